The first-order valence-corrected chi connectivity index (χ1v) is 11.3. The Morgan fingerprint density at radius 3 is 2.20 bits per heavy atom. The average molecular weight is 413 g/mol. The summed E-state index contributed by atoms with van der Waals surface area (Å²) in [5, 5.41) is 2.98. The SMILES string of the molecule is O=C(NCc1ccccc1)[C@@H]1CCCN1C(=O)[C@H]1CCCN1C(=O)N1CCCCC1. The van der Waals surface area contributed by atoms with Crippen molar-refractivity contribution in [1.82, 2.24) is 20.0 Å². The van der Waals surface area contributed by atoms with Gasteiger partial charge in [0.15, 0.2) is 0 Å². The number of carbonyl (C=O) groups is 3. The number of rotatable bonds is 4. The van der Waals surface area contributed by atoms with Gasteiger partial charge >= 0.3 is 6.03 Å². The molecule has 2 atom stereocenters. The zero-order valence-electron chi connectivity index (χ0n) is 17.6. The second kappa shape index (κ2) is 9.49. The highest BCUT2D eigenvalue weighted by molar-refractivity contribution is 5.92. The summed E-state index contributed by atoms with van der Waals surface area (Å²) in [6.45, 7) is 3.24. The number of piperidine rings is 1. The molecule has 7 nitrogen and oxygen atoms in total. The van der Waals surface area contributed by atoms with Gasteiger partial charge in [-0.3, -0.25) is 9.59 Å². The number of likely N-dealkylation sites (tertiary alicyclic amines) is 3. The lowest BCUT2D eigenvalue weighted by Gasteiger charge is -2.35. The lowest BCUT2D eigenvalue weighted by atomic mass is 10.1. The van der Waals surface area contributed by atoms with E-state index in [1.807, 2.05) is 35.2 Å². The van der Waals surface area contributed by atoms with E-state index in [2.05, 4.69) is 5.32 Å². The minimum absolute atomic E-state index is 0.00479. The van der Waals surface area contributed by atoms with Crippen molar-refractivity contribution < 1.29 is 14.4 Å². The summed E-state index contributed by atoms with van der Waals surface area (Å²) >= 11 is 0. The predicted molar refractivity (Wildman–Crippen MR) is 114 cm³/mol. The molecule has 3 fully saturated rings. The van der Waals surface area contributed by atoms with Crippen LogP contribution in [-0.2, 0) is 16.1 Å². The Balaban J connectivity index is 1.38. The number of carbonyl (C=O) groups excluding carboxylic acids is 3. The Bertz CT molecular complexity index is 763. The molecule has 1 aromatic carbocycles. The molecule has 0 saturated carbocycles. The quantitative estimate of drug-likeness (QED) is 0.825. The zero-order chi connectivity index (χ0) is 20.9. The highest BCUT2D eigenvalue weighted by atomic mass is 16.2. The van der Waals surface area contributed by atoms with Crippen molar-refractivity contribution in [3.63, 3.8) is 0 Å². The molecule has 3 aliphatic heterocycles. The number of nitrogens with one attached hydrogen (secondary N) is 1. The van der Waals surface area contributed by atoms with Gasteiger partial charge in [0.25, 0.3) is 0 Å². The van der Waals surface area contributed by atoms with Crippen LogP contribution in [0.4, 0.5) is 4.79 Å². The highest BCUT2D eigenvalue weighted by Gasteiger charge is 2.43. The van der Waals surface area contributed by atoms with E-state index in [0.717, 1.165) is 44.3 Å². The van der Waals surface area contributed by atoms with E-state index in [0.29, 0.717) is 32.5 Å². The summed E-state index contributed by atoms with van der Waals surface area (Å²) < 4.78 is 0. The maximum Gasteiger partial charge on any atom is 0.320 e. The van der Waals surface area contributed by atoms with Crippen LogP contribution in [0.2, 0.25) is 0 Å². The van der Waals surface area contributed by atoms with E-state index in [4.69, 9.17) is 0 Å². The smallest absolute Gasteiger partial charge is 0.320 e. The molecular weight excluding hydrogens is 380 g/mol. The number of benzene rings is 1. The molecule has 7 heteroatoms. The van der Waals surface area contributed by atoms with Crippen molar-refractivity contribution in [1.29, 1.82) is 0 Å². The van der Waals surface area contributed by atoms with Crippen LogP contribution in [0.3, 0.4) is 0 Å². The minimum atomic E-state index is -0.436. The third kappa shape index (κ3) is 4.45. The summed E-state index contributed by atoms with van der Waals surface area (Å²) in [4.78, 5) is 44.6. The Labute approximate surface area is 178 Å². The van der Waals surface area contributed by atoms with Crippen molar-refractivity contribution in [2.45, 2.75) is 63.6 Å². The number of hydrogen-bond donors (Lipinski definition) is 1. The fourth-order valence-corrected chi connectivity index (χ4v) is 4.92. The average Bonchev–Trinajstić information content (AvgIpc) is 3.48. The first-order valence-electron chi connectivity index (χ1n) is 11.3. The number of hydrogen-bond acceptors (Lipinski definition) is 3. The normalized spacial score (nSPS) is 24.2. The van der Waals surface area contributed by atoms with Crippen LogP contribution in [0.25, 0.3) is 0 Å². The van der Waals surface area contributed by atoms with Crippen molar-refractivity contribution in [3.05, 3.63) is 35.9 Å². The largest absolute Gasteiger partial charge is 0.350 e. The van der Waals surface area contributed by atoms with E-state index in [1.165, 1.54) is 6.42 Å². The summed E-state index contributed by atoms with van der Waals surface area (Å²) in [5.74, 6) is -0.160. The second-order valence-corrected chi connectivity index (χ2v) is 8.57. The highest BCUT2D eigenvalue weighted by Crippen LogP contribution is 2.26. The minimum Gasteiger partial charge on any atom is -0.350 e. The van der Waals surface area contributed by atoms with Crippen LogP contribution in [0.15, 0.2) is 30.3 Å². The molecule has 4 rings (SSSR count). The van der Waals surface area contributed by atoms with Crippen LogP contribution in [0.1, 0.15) is 50.5 Å². The lowest BCUT2D eigenvalue weighted by Crippen LogP contribution is -2.55. The van der Waals surface area contributed by atoms with Gasteiger partial charge in [0.1, 0.15) is 12.1 Å². The van der Waals surface area contributed by atoms with E-state index in [-0.39, 0.29) is 17.8 Å². The Morgan fingerprint density at radius 2 is 1.47 bits per heavy atom. The molecule has 0 spiro atoms. The molecule has 3 saturated heterocycles. The Hall–Kier alpha value is -2.57. The number of amides is 4. The van der Waals surface area contributed by atoms with Gasteiger partial charge in [-0.15, -0.1) is 0 Å². The van der Waals surface area contributed by atoms with Crippen molar-refractivity contribution in [3.8, 4) is 0 Å². The van der Waals surface area contributed by atoms with Crippen LogP contribution >= 0.6 is 0 Å². The lowest BCUT2D eigenvalue weighted by molar-refractivity contribution is -0.141. The van der Waals surface area contributed by atoms with Crippen LogP contribution in [-0.4, -0.2) is 70.8 Å². The van der Waals surface area contributed by atoms with Crippen LogP contribution in [0.5, 0.6) is 0 Å². The van der Waals surface area contributed by atoms with Crippen molar-refractivity contribution >= 4 is 17.8 Å². The van der Waals surface area contributed by atoms with Gasteiger partial charge in [-0.25, -0.2) is 4.79 Å². The summed E-state index contributed by atoms with van der Waals surface area (Å²) in [7, 11) is 0. The molecule has 0 bridgehead atoms. The van der Waals surface area contributed by atoms with Gasteiger partial charge in [-0.1, -0.05) is 30.3 Å². The maximum atomic E-state index is 13.4. The first-order chi connectivity index (χ1) is 14.6. The van der Waals surface area contributed by atoms with E-state index >= 15 is 0 Å². The van der Waals surface area contributed by atoms with Gasteiger partial charge in [-0.05, 0) is 50.5 Å². The monoisotopic (exact) mass is 412 g/mol. The fourth-order valence-electron chi connectivity index (χ4n) is 4.92. The standard InChI is InChI=1S/C23H32N4O3/c28-21(24-17-18-9-3-1-4-10-18)19-11-7-15-26(19)22(29)20-12-8-16-27(20)23(30)25-13-5-2-6-14-25/h1,3-4,9-10,19-20H,2,5-8,11-17H2,(H,24,28)/t19-,20+/m0/s1. The predicted octanol–water partition coefficient (Wildman–Crippen LogP) is 2.36. The maximum absolute atomic E-state index is 13.4. The molecular formula is C23H32N4O3. The third-order valence-electron chi connectivity index (χ3n) is 6.56. The molecule has 0 unspecified atom stereocenters. The van der Waals surface area contributed by atoms with Crippen molar-refractivity contribution in [2.75, 3.05) is 26.2 Å². The van der Waals surface area contributed by atoms with E-state index in [1.54, 1.807) is 9.80 Å². The van der Waals surface area contributed by atoms with Gasteiger partial charge in [0.05, 0.1) is 0 Å². The third-order valence-corrected chi connectivity index (χ3v) is 6.56. The summed E-state index contributed by atoms with van der Waals surface area (Å²) in [6, 6.07) is 8.91. The van der Waals surface area contributed by atoms with Crippen LogP contribution < -0.4 is 5.32 Å². The number of nitrogens with zero attached hydrogens (tertiary/aromatic N) is 3. The molecule has 0 aliphatic carbocycles. The van der Waals surface area contributed by atoms with E-state index in [9.17, 15) is 14.4 Å². The first kappa shape index (κ1) is 20.7. The molecule has 1 N–H and O–H groups in total. The fraction of sp³-hybridized carbons (Fsp3) is 0.609. The van der Waals surface area contributed by atoms with E-state index < -0.39 is 12.1 Å². The van der Waals surface area contributed by atoms with Crippen LogP contribution in [0, 0.1) is 0 Å². The number of urea groups is 1. The summed E-state index contributed by atoms with van der Waals surface area (Å²) in [6.07, 6.45) is 6.27. The van der Waals surface area contributed by atoms with Gasteiger partial charge in [0, 0.05) is 32.7 Å². The van der Waals surface area contributed by atoms with Gasteiger partial charge < -0.3 is 20.0 Å². The molecule has 30 heavy (non-hydrogen) atoms. The topological polar surface area (TPSA) is 73.0 Å². The molecule has 0 aromatic heterocycles. The molecule has 4 amide bonds. The van der Waals surface area contributed by atoms with Gasteiger partial charge in [-0.2, -0.15) is 0 Å². The Morgan fingerprint density at radius 1 is 0.800 bits per heavy atom. The summed E-state index contributed by atoms with van der Waals surface area (Å²) in [5.41, 5.74) is 1.04. The molecule has 1 aromatic rings. The molecule has 3 aliphatic rings. The zero-order valence-corrected chi connectivity index (χ0v) is 17.6. The van der Waals surface area contributed by atoms with Gasteiger partial charge in [0.2, 0.25) is 11.8 Å². The molecule has 0 radical (unpaired) electrons. The Kier molecular flexibility index (Phi) is 6.55. The van der Waals surface area contributed by atoms with Crippen molar-refractivity contribution in [2.24, 2.45) is 0 Å². The molecule has 162 valence electrons. The second-order valence-electron chi connectivity index (χ2n) is 8.57. The molecule has 3 heterocycles.